The Morgan fingerprint density at radius 2 is 1.75 bits per heavy atom. The van der Waals surface area contributed by atoms with E-state index in [0.29, 0.717) is 38.6 Å². The molecule has 1 aliphatic rings. The maximum absolute atomic E-state index is 13.5. The lowest BCUT2D eigenvalue weighted by Crippen LogP contribution is -2.47. The van der Waals surface area contributed by atoms with Crippen molar-refractivity contribution in [3.8, 4) is 5.75 Å². The molecule has 32 heavy (non-hydrogen) atoms. The number of carboxylic acids is 1. The molecule has 0 saturated carbocycles. The average molecular weight is 485 g/mol. The van der Waals surface area contributed by atoms with Gasteiger partial charge in [-0.3, -0.25) is 9.69 Å². The van der Waals surface area contributed by atoms with Crippen molar-refractivity contribution in [1.29, 1.82) is 0 Å². The molecule has 1 heterocycles. The molecule has 1 unspecified atom stereocenters. The van der Waals surface area contributed by atoms with Crippen LogP contribution in [0.2, 0.25) is 0 Å². The highest BCUT2D eigenvalue weighted by Gasteiger charge is 2.36. The lowest BCUT2D eigenvalue weighted by molar-refractivity contribution is -0.142. The first kappa shape index (κ1) is 26.1. The highest BCUT2D eigenvalue weighted by molar-refractivity contribution is 7.89. The van der Waals surface area contributed by atoms with Gasteiger partial charge in [-0.1, -0.05) is 30.3 Å². The lowest BCUT2D eigenvalue weighted by Gasteiger charge is -2.31. The Hall–Kier alpha value is -2.17. The molecule has 2 aromatic rings. The summed E-state index contributed by atoms with van der Waals surface area (Å²) in [5.41, 5.74) is 0.720. The summed E-state index contributed by atoms with van der Waals surface area (Å²) in [6.07, 6.45) is 0.178. The molecule has 8 nitrogen and oxygen atoms in total. The van der Waals surface area contributed by atoms with Gasteiger partial charge in [-0.25, -0.2) is 8.42 Å². The van der Waals surface area contributed by atoms with Crippen molar-refractivity contribution in [2.75, 3.05) is 40.0 Å². The second-order valence-corrected chi connectivity index (χ2v) is 9.20. The van der Waals surface area contributed by atoms with Crippen LogP contribution in [0.5, 0.6) is 5.75 Å². The van der Waals surface area contributed by atoms with Crippen LogP contribution in [0.25, 0.3) is 0 Å². The van der Waals surface area contributed by atoms with Gasteiger partial charge < -0.3 is 14.6 Å². The quantitative estimate of drug-likeness (QED) is 0.553. The van der Waals surface area contributed by atoms with E-state index in [1.54, 1.807) is 36.4 Å². The standard InChI is InChI=1S/C22H28N2O6S.ClH/c1-29-19-7-9-20(10-8-19)31(27,28)24(17-18-5-3-2-4-6-18)21(22(25)26)11-12-23-13-15-30-16-14-23;/h2-10,21H,11-17H2,1H3,(H,25,26);1H. The summed E-state index contributed by atoms with van der Waals surface area (Å²) >= 11 is 0. The second kappa shape index (κ2) is 12.2. The molecular weight excluding hydrogens is 456 g/mol. The minimum absolute atomic E-state index is 0. The summed E-state index contributed by atoms with van der Waals surface area (Å²) in [5, 5.41) is 9.97. The Labute approximate surface area is 195 Å². The molecule has 0 amide bonds. The Balaban J connectivity index is 0.00000363. The molecule has 3 rings (SSSR count). The SMILES string of the molecule is COc1ccc(S(=O)(=O)N(Cc2ccccc2)C(CCN2CCOCC2)C(=O)O)cc1.Cl. The molecule has 1 atom stereocenters. The van der Waals surface area contributed by atoms with Crippen LogP contribution in [0.1, 0.15) is 12.0 Å². The third-order valence-electron chi connectivity index (χ3n) is 5.30. The van der Waals surface area contributed by atoms with Gasteiger partial charge in [0.05, 0.1) is 25.2 Å². The molecule has 0 radical (unpaired) electrons. The summed E-state index contributed by atoms with van der Waals surface area (Å²) in [6.45, 7) is 3.04. The molecule has 1 saturated heterocycles. The summed E-state index contributed by atoms with van der Waals surface area (Å²) in [7, 11) is -2.57. The molecule has 1 aliphatic heterocycles. The van der Waals surface area contributed by atoms with Crippen LogP contribution in [0, 0.1) is 0 Å². The zero-order valence-corrected chi connectivity index (χ0v) is 19.6. The van der Waals surface area contributed by atoms with E-state index in [4.69, 9.17) is 9.47 Å². The maximum atomic E-state index is 13.5. The molecule has 0 aromatic heterocycles. The Bertz CT molecular complexity index is 950. The van der Waals surface area contributed by atoms with Crippen LogP contribution in [-0.4, -0.2) is 74.7 Å². The smallest absolute Gasteiger partial charge is 0.322 e. The minimum Gasteiger partial charge on any atom is -0.497 e. The van der Waals surface area contributed by atoms with Gasteiger partial charge in [0.15, 0.2) is 0 Å². The zero-order chi connectivity index (χ0) is 22.3. The maximum Gasteiger partial charge on any atom is 0.322 e. The molecule has 1 N–H and O–H groups in total. The number of sulfonamides is 1. The molecule has 0 bridgehead atoms. The van der Waals surface area contributed by atoms with Crippen molar-refractivity contribution < 1.29 is 27.8 Å². The summed E-state index contributed by atoms with van der Waals surface area (Å²) in [5.74, 6) is -0.642. The third-order valence-corrected chi connectivity index (χ3v) is 7.17. The number of hydrogen-bond acceptors (Lipinski definition) is 6. The largest absolute Gasteiger partial charge is 0.497 e. The fraction of sp³-hybridized carbons (Fsp3) is 0.409. The minimum atomic E-state index is -4.07. The van der Waals surface area contributed by atoms with E-state index >= 15 is 0 Å². The van der Waals surface area contributed by atoms with Crippen molar-refractivity contribution in [3.63, 3.8) is 0 Å². The van der Waals surface area contributed by atoms with Crippen LogP contribution < -0.4 is 4.74 Å². The normalized spacial score (nSPS) is 15.7. The van der Waals surface area contributed by atoms with E-state index in [1.165, 1.54) is 19.2 Å². The highest BCUT2D eigenvalue weighted by Crippen LogP contribution is 2.25. The van der Waals surface area contributed by atoms with Gasteiger partial charge in [-0.2, -0.15) is 4.31 Å². The number of carboxylic acid groups (broad SMARTS) is 1. The first-order valence-corrected chi connectivity index (χ1v) is 11.6. The Morgan fingerprint density at radius 1 is 1.12 bits per heavy atom. The molecule has 2 aromatic carbocycles. The molecular formula is C22H29ClN2O6S. The van der Waals surface area contributed by atoms with Crippen molar-refractivity contribution in [2.24, 2.45) is 0 Å². The van der Waals surface area contributed by atoms with Crippen LogP contribution in [0.3, 0.4) is 0 Å². The zero-order valence-electron chi connectivity index (χ0n) is 17.9. The molecule has 1 fully saturated rings. The Morgan fingerprint density at radius 3 is 2.31 bits per heavy atom. The topological polar surface area (TPSA) is 96.4 Å². The van der Waals surface area contributed by atoms with Gasteiger partial charge in [0.1, 0.15) is 11.8 Å². The number of ether oxygens (including phenoxy) is 2. The van der Waals surface area contributed by atoms with Gasteiger partial charge in [0, 0.05) is 26.2 Å². The highest BCUT2D eigenvalue weighted by atomic mass is 35.5. The lowest BCUT2D eigenvalue weighted by atomic mass is 10.1. The fourth-order valence-electron chi connectivity index (χ4n) is 3.53. The summed E-state index contributed by atoms with van der Waals surface area (Å²) in [4.78, 5) is 14.3. The number of rotatable bonds is 10. The molecule has 10 heteroatoms. The Kier molecular flexibility index (Phi) is 9.92. The number of halogens is 1. The van der Waals surface area contributed by atoms with E-state index in [2.05, 4.69) is 4.90 Å². The van der Waals surface area contributed by atoms with Crippen molar-refractivity contribution >= 4 is 28.4 Å². The van der Waals surface area contributed by atoms with E-state index in [0.717, 1.165) is 9.87 Å². The third kappa shape index (κ3) is 6.66. The second-order valence-electron chi connectivity index (χ2n) is 7.31. The fourth-order valence-corrected chi connectivity index (χ4v) is 5.13. The van der Waals surface area contributed by atoms with Crippen LogP contribution in [0.4, 0.5) is 0 Å². The van der Waals surface area contributed by atoms with E-state index in [-0.39, 0.29) is 30.3 Å². The number of hydrogen-bond donors (Lipinski definition) is 1. The van der Waals surface area contributed by atoms with E-state index in [9.17, 15) is 18.3 Å². The van der Waals surface area contributed by atoms with Crippen molar-refractivity contribution in [1.82, 2.24) is 9.21 Å². The van der Waals surface area contributed by atoms with Gasteiger partial charge in [-0.15, -0.1) is 12.4 Å². The summed E-state index contributed by atoms with van der Waals surface area (Å²) in [6, 6.07) is 13.8. The first-order chi connectivity index (χ1) is 14.9. The molecule has 176 valence electrons. The monoisotopic (exact) mass is 484 g/mol. The number of nitrogens with zero attached hydrogens (tertiary/aromatic N) is 2. The number of morpholine rings is 1. The number of carbonyl (C=O) groups is 1. The van der Waals surface area contributed by atoms with Gasteiger partial charge in [0.25, 0.3) is 0 Å². The van der Waals surface area contributed by atoms with Gasteiger partial charge >= 0.3 is 5.97 Å². The van der Waals surface area contributed by atoms with Crippen LogP contribution >= 0.6 is 12.4 Å². The molecule has 0 spiro atoms. The van der Waals surface area contributed by atoms with Gasteiger partial charge in [0.2, 0.25) is 10.0 Å². The predicted molar refractivity (Wildman–Crippen MR) is 123 cm³/mol. The van der Waals surface area contributed by atoms with Crippen LogP contribution in [-0.2, 0) is 26.1 Å². The number of benzene rings is 2. The van der Waals surface area contributed by atoms with Crippen molar-refractivity contribution in [3.05, 3.63) is 60.2 Å². The van der Waals surface area contributed by atoms with Gasteiger partial charge in [-0.05, 0) is 36.2 Å². The van der Waals surface area contributed by atoms with E-state index < -0.39 is 22.0 Å². The van der Waals surface area contributed by atoms with E-state index in [1.807, 2.05) is 6.07 Å². The van der Waals surface area contributed by atoms with Crippen molar-refractivity contribution in [2.45, 2.75) is 23.9 Å². The average Bonchev–Trinajstić information content (AvgIpc) is 2.79. The first-order valence-electron chi connectivity index (χ1n) is 10.1. The predicted octanol–water partition coefficient (Wildman–Crippen LogP) is 2.48. The number of methoxy groups -OCH3 is 1. The van der Waals surface area contributed by atoms with Crippen LogP contribution in [0.15, 0.2) is 59.5 Å². The summed E-state index contributed by atoms with van der Waals surface area (Å²) < 4.78 is 38.6. The number of aliphatic carboxylic acids is 1. The molecule has 0 aliphatic carbocycles.